The Bertz CT molecular complexity index is 423. The van der Waals surface area contributed by atoms with Gasteiger partial charge in [-0.2, -0.15) is 0 Å². The first-order valence-electron chi connectivity index (χ1n) is 7.13. The summed E-state index contributed by atoms with van der Waals surface area (Å²) < 4.78 is 14.0. The molecule has 0 aromatic carbocycles. The quantitative estimate of drug-likeness (QED) is 0.183. The number of rotatable bonds is 8. The molecule has 1 aliphatic rings. The van der Waals surface area contributed by atoms with Gasteiger partial charge in [-0.25, -0.2) is 9.08 Å². The van der Waals surface area contributed by atoms with Crippen LogP contribution in [0.3, 0.4) is 0 Å². The highest BCUT2D eigenvalue weighted by Crippen LogP contribution is 2.25. The largest absolute Gasteiger partial charge is 0.452 e. The minimum absolute atomic E-state index is 0.706. The molecule has 25 heavy (non-hydrogen) atoms. The molecular weight excluding hydrogens is 372 g/mol. The van der Waals surface area contributed by atoms with Crippen LogP contribution in [0.4, 0.5) is 0 Å². The minimum atomic E-state index is -2.38. The molecule has 1 fully saturated rings. The summed E-state index contributed by atoms with van der Waals surface area (Å²) in [5.41, 5.74) is 0. The Morgan fingerprint density at radius 3 is 2.16 bits per heavy atom. The lowest BCUT2D eigenvalue weighted by Gasteiger charge is -2.40. The Balaban J connectivity index is 2.79. The van der Waals surface area contributed by atoms with Crippen molar-refractivity contribution in [2.75, 3.05) is 13.2 Å². The van der Waals surface area contributed by atoms with Crippen molar-refractivity contribution >= 4 is 17.8 Å². The molecule has 0 bridgehead atoms. The topological polar surface area (TPSA) is 207 Å². The molecule has 0 saturated carbocycles. The van der Waals surface area contributed by atoms with E-state index >= 15 is 0 Å². The number of aliphatic hydroxyl groups excluding tert-OH is 8. The Labute approximate surface area is 146 Å². The third kappa shape index (κ3) is 5.18. The number of hydrogen-bond acceptors (Lipinski definition) is 12. The molecule has 0 aliphatic carbocycles. The maximum atomic E-state index is 11.8. The molecule has 1 rings (SSSR count). The van der Waals surface area contributed by atoms with Crippen molar-refractivity contribution in [1.29, 1.82) is 0 Å². The van der Waals surface area contributed by atoms with E-state index in [1.54, 1.807) is 0 Å². The minimum Gasteiger partial charge on any atom is -0.452 e. The molecule has 5 unspecified atom stereocenters. The van der Waals surface area contributed by atoms with Crippen LogP contribution >= 0.6 is 11.9 Å². The van der Waals surface area contributed by atoms with Gasteiger partial charge in [0.25, 0.3) is 0 Å². The number of aliphatic hydroxyl groups is 8. The van der Waals surface area contributed by atoms with Crippen LogP contribution in [0.5, 0.6) is 0 Å². The van der Waals surface area contributed by atoms with Crippen molar-refractivity contribution in [3.05, 3.63) is 0 Å². The van der Waals surface area contributed by atoms with E-state index in [1.807, 2.05) is 0 Å². The molecule has 0 amide bonds. The lowest BCUT2D eigenvalue weighted by molar-refractivity contribution is -0.284. The predicted octanol–water partition coefficient (Wildman–Crippen LogP) is -5.06. The number of carbonyl (C=O) groups is 1. The van der Waals surface area contributed by atoms with Crippen molar-refractivity contribution < 1.29 is 59.4 Å². The van der Waals surface area contributed by atoms with Crippen LogP contribution < -0.4 is 0 Å². The average Bonchev–Trinajstić information content (AvgIpc) is 2.62. The number of hydrogen-bond donors (Lipinski definition) is 8. The highest BCUT2D eigenvalue weighted by atomic mass is 35.5. The van der Waals surface area contributed by atoms with E-state index in [-0.39, 0.29) is 0 Å². The molecule has 1 saturated heterocycles. The van der Waals surface area contributed by atoms with Gasteiger partial charge >= 0.3 is 5.97 Å². The molecule has 9 atom stereocenters. The summed E-state index contributed by atoms with van der Waals surface area (Å²) in [5.74, 6) is -1.57. The van der Waals surface area contributed by atoms with E-state index in [4.69, 9.17) is 26.8 Å². The smallest absolute Gasteiger partial charge is 0.338 e. The summed E-state index contributed by atoms with van der Waals surface area (Å²) in [7, 11) is 0. The summed E-state index contributed by atoms with van der Waals surface area (Å²) in [4.78, 5) is 11.8. The molecule has 148 valence electrons. The molecular formula is C12H21ClO12. The first kappa shape index (κ1) is 22.4. The average molecular weight is 393 g/mol. The summed E-state index contributed by atoms with van der Waals surface area (Å²) >= 11 is 5.14. The van der Waals surface area contributed by atoms with Gasteiger partial charge in [0.1, 0.15) is 36.6 Å². The monoisotopic (exact) mass is 392 g/mol. The van der Waals surface area contributed by atoms with E-state index < -0.39 is 74.3 Å². The van der Waals surface area contributed by atoms with E-state index in [9.17, 15) is 35.4 Å². The lowest BCUT2D eigenvalue weighted by atomic mass is 9.99. The highest BCUT2D eigenvalue weighted by Gasteiger charge is 2.48. The van der Waals surface area contributed by atoms with Gasteiger partial charge in [0, 0.05) is 0 Å². The van der Waals surface area contributed by atoms with Crippen molar-refractivity contribution in [3.8, 4) is 0 Å². The van der Waals surface area contributed by atoms with Crippen LogP contribution in [0, 0.1) is 0 Å². The molecule has 0 aromatic rings. The lowest BCUT2D eigenvalue weighted by Crippen LogP contribution is -2.61. The molecule has 0 spiro atoms. The number of carbonyl (C=O) groups excluding carboxylic acids is 1. The second-order valence-electron chi connectivity index (χ2n) is 5.37. The van der Waals surface area contributed by atoms with E-state index in [1.165, 1.54) is 0 Å². The Morgan fingerprint density at radius 1 is 1.08 bits per heavy atom. The Hall–Kier alpha value is -0.640. The zero-order valence-electron chi connectivity index (χ0n) is 12.7. The summed E-state index contributed by atoms with van der Waals surface area (Å²) in [6.45, 7) is -1.66. The fourth-order valence-corrected chi connectivity index (χ4v) is 2.26. The van der Waals surface area contributed by atoms with Crippen molar-refractivity contribution in [2.24, 2.45) is 0 Å². The Kier molecular flexibility index (Phi) is 8.86. The molecule has 0 aromatic heterocycles. The highest BCUT2D eigenvalue weighted by molar-refractivity contribution is 6.07. The van der Waals surface area contributed by atoms with E-state index in [0.717, 1.165) is 0 Å². The molecule has 12 nitrogen and oxygen atoms in total. The van der Waals surface area contributed by atoms with Gasteiger partial charge in [-0.3, -0.25) is 0 Å². The maximum absolute atomic E-state index is 11.8. The van der Waals surface area contributed by atoms with Gasteiger partial charge in [0.2, 0.25) is 6.29 Å². The number of halogens is 1. The van der Waals surface area contributed by atoms with Crippen molar-refractivity contribution in [1.82, 2.24) is 0 Å². The summed E-state index contributed by atoms with van der Waals surface area (Å²) in [6, 6.07) is 0. The molecule has 8 N–H and O–H groups in total. The van der Waals surface area contributed by atoms with Gasteiger partial charge in [-0.05, 0) is 0 Å². The Morgan fingerprint density at radius 2 is 1.68 bits per heavy atom. The number of ether oxygens (including phenoxy) is 2. The van der Waals surface area contributed by atoms with E-state index in [0.29, 0.717) is 0 Å². The van der Waals surface area contributed by atoms with E-state index in [2.05, 4.69) is 9.03 Å². The first-order valence-corrected chi connectivity index (χ1v) is 7.43. The SMILES string of the molecule is O=C(OC1C(OCl)OC(CO)C(O)C1O)[C@H](O)[C@@H](O)[C@H](O)[C@H](O)CO. The van der Waals surface area contributed by atoms with Crippen LogP contribution in [-0.4, -0.2) is 115 Å². The summed E-state index contributed by atoms with van der Waals surface area (Å²) in [6.07, 6.45) is -16.7. The molecule has 1 heterocycles. The van der Waals surface area contributed by atoms with Gasteiger partial charge in [-0.1, -0.05) is 0 Å². The normalized spacial score (nSPS) is 34.8. The summed E-state index contributed by atoms with van der Waals surface area (Å²) in [5, 5.41) is 75.2. The van der Waals surface area contributed by atoms with Gasteiger partial charge in [-0.15, -0.1) is 0 Å². The van der Waals surface area contributed by atoms with Crippen molar-refractivity contribution in [3.63, 3.8) is 0 Å². The zero-order chi connectivity index (χ0) is 19.3. The first-order chi connectivity index (χ1) is 11.7. The van der Waals surface area contributed by atoms with Crippen LogP contribution in [0.25, 0.3) is 0 Å². The van der Waals surface area contributed by atoms with Crippen LogP contribution in [0.1, 0.15) is 0 Å². The standard InChI is InChI=1S/C12H21ClO12/c13-25-12-10(8(20)6(18)4(2-15)23-12)24-11(22)9(21)7(19)5(17)3(16)1-14/h3-10,12,14-21H,1-2H2/t3-,4?,5-,6?,7+,8?,9-,10?,12?/m1/s1. The van der Waals surface area contributed by atoms with Crippen LogP contribution in [0.2, 0.25) is 0 Å². The predicted molar refractivity (Wildman–Crippen MR) is 75.7 cm³/mol. The molecule has 1 aliphatic heterocycles. The third-order valence-electron chi connectivity index (χ3n) is 3.66. The van der Waals surface area contributed by atoms with Crippen molar-refractivity contribution in [2.45, 2.75) is 55.1 Å². The fraction of sp³-hybridized carbons (Fsp3) is 0.917. The van der Waals surface area contributed by atoms with Crippen LogP contribution in [-0.2, 0) is 18.6 Å². The van der Waals surface area contributed by atoms with Gasteiger partial charge in [0.15, 0.2) is 12.2 Å². The van der Waals surface area contributed by atoms with Gasteiger partial charge in [0.05, 0.1) is 25.1 Å². The fourth-order valence-electron chi connectivity index (χ4n) is 2.12. The molecule has 0 radical (unpaired) electrons. The van der Waals surface area contributed by atoms with Crippen LogP contribution in [0.15, 0.2) is 0 Å². The number of esters is 1. The maximum Gasteiger partial charge on any atom is 0.338 e. The second-order valence-corrected chi connectivity index (χ2v) is 5.55. The molecule has 13 heteroatoms. The third-order valence-corrected chi connectivity index (χ3v) is 3.84. The zero-order valence-corrected chi connectivity index (χ0v) is 13.5. The van der Waals surface area contributed by atoms with Gasteiger partial charge < -0.3 is 50.3 Å². The second kappa shape index (κ2) is 9.89.